The Hall–Kier alpha value is -5.23. The summed E-state index contributed by atoms with van der Waals surface area (Å²) in [7, 11) is -3.81. The maximum atomic E-state index is 12.8. The average molecular weight is 589 g/mol. The number of rotatable bonds is 12. The van der Waals surface area contributed by atoms with Crippen molar-refractivity contribution in [3.05, 3.63) is 124 Å². The fourth-order valence-electron chi connectivity index (χ4n) is 3.89. The quantitative estimate of drug-likeness (QED) is 0.135. The minimum atomic E-state index is -3.81. The highest BCUT2D eigenvalue weighted by Gasteiger charge is 2.29. The van der Waals surface area contributed by atoms with Crippen LogP contribution in [0.2, 0.25) is 0 Å². The number of nitrogens with one attached hydrogen (secondary N) is 1. The van der Waals surface area contributed by atoms with Crippen molar-refractivity contribution >= 4 is 33.5 Å². The van der Waals surface area contributed by atoms with Crippen LogP contribution in [0.25, 0.3) is 0 Å². The van der Waals surface area contributed by atoms with E-state index in [-0.39, 0.29) is 12.3 Å². The van der Waals surface area contributed by atoms with Gasteiger partial charge in [-0.15, -0.1) is 0 Å². The lowest BCUT2D eigenvalue weighted by Crippen LogP contribution is -2.46. The fourth-order valence-corrected chi connectivity index (χ4v) is 5.06. The largest absolute Gasteiger partial charge is 0.489 e. The van der Waals surface area contributed by atoms with E-state index in [1.165, 1.54) is 25.3 Å². The molecule has 0 fully saturated rings. The number of carbonyl (C=O) groups excluding carboxylic acids is 1. The van der Waals surface area contributed by atoms with Gasteiger partial charge in [-0.3, -0.25) is 19.2 Å². The van der Waals surface area contributed by atoms with Crippen LogP contribution in [-0.4, -0.2) is 37.8 Å². The van der Waals surface area contributed by atoms with E-state index in [1.807, 2.05) is 18.2 Å². The predicted octanol–water partition coefficient (Wildman–Crippen LogP) is 5.27. The second kappa shape index (κ2) is 13.4. The summed E-state index contributed by atoms with van der Waals surface area (Å²) in [6.45, 7) is 1.70. The van der Waals surface area contributed by atoms with Crippen LogP contribution in [0.5, 0.6) is 17.2 Å². The number of hydrazone groups is 1. The molecule has 42 heavy (non-hydrogen) atoms. The topological polar surface area (TPSA) is 140 Å². The van der Waals surface area contributed by atoms with E-state index >= 15 is 0 Å². The Kier molecular flexibility index (Phi) is 9.50. The molecular formula is C30H28N4O7S. The highest BCUT2D eigenvalue weighted by Crippen LogP contribution is 2.27. The Balaban J connectivity index is 1.33. The highest BCUT2D eigenvalue weighted by molar-refractivity contribution is 7.92. The zero-order valence-corrected chi connectivity index (χ0v) is 23.6. The lowest BCUT2D eigenvalue weighted by molar-refractivity contribution is -0.384. The summed E-state index contributed by atoms with van der Waals surface area (Å²) in [4.78, 5) is 23.1. The number of hydrogen-bond donors (Lipinski definition) is 1. The zero-order chi connectivity index (χ0) is 30.1. The number of nitro benzene ring substituents is 1. The number of sulfonamides is 1. The summed E-state index contributed by atoms with van der Waals surface area (Å²) in [6, 6.07) is 27.4. The first-order valence-corrected chi connectivity index (χ1v) is 14.6. The van der Waals surface area contributed by atoms with E-state index in [0.717, 1.165) is 16.1 Å². The smallest absolute Gasteiger partial charge is 0.269 e. The summed E-state index contributed by atoms with van der Waals surface area (Å²) < 4.78 is 37.7. The molecule has 4 aromatic carbocycles. The van der Waals surface area contributed by atoms with E-state index in [4.69, 9.17) is 9.47 Å². The van der Waals surface area contributed by atoms with Gasteiger partial charge in [0.05, 0.1) is 23.1 Å². The molecule has 0 unspecified atom stereocenters. The number of benzene rings is 4. The highest BCUT2D eigenvalue weighted by atomic mass is 32.2. The molecule has 0 saturated heterocycles. The number of nitro groups is 1. The molecule has 1 atom stereocenters. The van der Waals surface area contributed by atoms with Crippen molar-refractivity contribution in [2.24, 2.45) is 5.10 Å². The maximum Gasteiger partial charge on any atom is 0.269 e. The van der Waals surface area contributed by atoms with Gasteiger partial charge in [0.15, 0.2) is 0 Å². The molecule has 0 aliphatic heterocycles. The number of hydrogen-bond acceptors (Lipinski definition) is 8. The maximum absolute atomic E-state index is 12.8. The second-order valence-electron chi connectivity index (χ2n) is 9.16. The average Bonchev–Trinajstić information content (AvgIpc) is 2.97. The van der Waals surface area contributed by atoms with Crippen LogP contribution >= 0.6 is 0 Å². The van der Waals surface area contributed by atoms with Crippen LogP contribution in [-0.2, 0) is 21.4 Å². The van der Waals surface area contributed by atoms with Crippen molar-refractivity contribution in [3.63, 3.8) is 0 Å². The normalized spacial score (nSPS) is 12.0. The molecule has 4 aromatic rings. The molecule has 0 aromatic heterocycles. The molecule has 4 rings (SSSR count). The van der Waals surface area contributed by atoms with Gasteiger partial charge >= 0.3 is 0 Å². The summed E-state index contributed by atoms with van der Waals surface area (Å²) in [5, 5.41) is 14.7. The first-order chi connectivity index (χ1) is 20.1. The zero-order valence-electron chi connectivity index (χ0n) is 22.8. The van der Waals surface area contributed by atoms with Gasteiger partial charge in [0.1, 0.15) is 29.9 Å². The number of para-hydroxylation sites is 1. The standard InChI is InChI=1S/C30H28N4O7S/c1-22(33(42(2,38)39)25-14-18-29(19-15-25)41-28-6-4-3-5-7-28)30(35)32-31-20-23-10-16-27(17-11-23)40-21-24-8-12-26(13-9-24)34(36)37/h3-20,22H,21H2,1-2H3,(H,32,35)/b31-20-/t22-/m1/s1. The number of amides is 1. The molecule has 0 aliphatic rings. The Morgan fingerprint density at radius 1 is 0.929 bits per heavy atom. The van der Waals surface area contributed by atoms with Crippen molar-refractivity contribution < 1.29 is 27.6 Å². The van der Waals surface area contributed by atoms with Gasteiger partial charge in [0.2, 0.25) is 10.0 Å². The first kappa shape index (κ1) is 29.7. The van der Waals surface area contributed by atoms with Gasteiger partial charge < -0.3 is 9.47 Å². The molecule has 0 bridgehead atoms. The first-order valence-electron chi connectivity index (χ1n) is 12.7. The molecule has 0 heterocycles. The number of carbonyl (C=O) groups is 1. The Labute approximate surface area is 243 Å². The van der Waals surface area contributed by atoms with Crippen LogP contribution in [0.4, 0.5) is 11.4 Å². The lowest BCUT2D eigenvalue weighted by atomic mass is 10.2. The Bertz CT molecular complexity index is 1640. The predicted molar refractivity (Wildman–Crippen MR) is 159 cm³/mol. The summed E-state index contributed by atoms with van der Waals surface area (Å²) in [5.74, 6) is 1.11. The Morgan fingerprint density at radius 3 is 2.12 bits per heavy atom. The fraction of sp³-hybridized carbons (Fsp3) is 0.133. The number of nitrogens with zero attached hydrogens (tertiary/aromatic N) is 3. The summed E-state index contributed by atoms with van der Waals surface area (Å²) in [6.07, 6.45) is 2.45. The van der Waals surface area contributed by atoms with E-state index in [9.17, 15) is 23.3 Å². The summed E-state index contributed by atoms with van der Waals surface area (Å²) in [5.41, 5.74) is 4.15. The number of non-ortho nitro benzene ring substituents is 1. The van der Waals surface area contributed by atoms with E-state index in [2.05, 4.69) is 10.5 Å². The third-order valence-electron chi connectivity index (χ3n) is 5.98. The molecule has 1 amide bonds. The van der Waals surface area contributed by atoms with Gasteiger partial charge in [-0.25, -0.2) is 13.8 Å². The molecular weight excluding hydrogens is 560 g/mol. The SMILES string of the molecule is C[C@H](C(=O)N/N=C\c1ccc(OCc2ccc([N+](=O)[O-])cc2)cc1)N(c1ccc(Oc2ccccc2)cc1)S(C)(=O)=O. The minimum absolute atomic E-state index is 0.0104. The molecule has 0 saturated carbocycles. The van der Waals surface area contributed by atoms with E-state index in [1.54, 1.807) is 72.8 Å². The van der Waals surface area contributed by atoms with Crippen molar-refractivity contribution in [2.75, 3.05) is 10.6 Å². The van der Waals surface area contributed by atoms with Gasteiger partial charge in [0, 0.05) is 12.1 Å². The number of ether oxygens (including phenoxy) is 2. The van der Waals surface area contributed by atoms with Crippen LogP contribution in [0.1, 0.15) is 18.1 Å². The van der Waals surface area contributed by atoms with Gasteiger partial charge in [-0.05, 0) is 90.8 Å². The third-order valence-corrected chi connectivity index (χ3v) is 7.22. The molecule has 0 aliphatic carbocycles. The van der Waals surface area contributed by atoms with Crippen molar-refractivity contribution in [1.29, 1.82) is 0 Å². The molecule has 12 heteroatoms. The third kappa shape index (κ3) is 8.15. The molecule has 11 nitrogen and oxygen atoms in total. The van der Waals surface area contributed by atoms with E-state index in [0.29, 0.717) is 28.5 Å². The van der Waals surface area contributed by atoms with Gasteiger partial charge in [0.25, 0.3) is 11.6 Å². The van der Waals surface area contributed by atoms with Crippen molar-refractivity contribution in [2.45, 2.75) is 19.6 Å². The lowest BCUT2D eigenvalue weighted by Gasteiger charge is -2.27. The van der Waals surface area contributed by atoms with Gasteiger partial charge in [-0.2, -0.15) is 5.10 Å². The molecule has 0 spiro atoms. The molecule has 216 valence electrons. The number of anilines is 1. The summed E-state index contributed by atoms with van der Waals surface area (Å²) >= 11 is 0. The monoisotopic (exact) mass is 588 g/mol. The second-order valence-corrected chi connectivity index (χ2v) is 11.0. The minimum Gasteiger partial charge on any atom is -0.489 e. The van der Waals surface area contributed by atoms with Crippen molar-refractivity contribution in [1.82, 2.24) is 5.43 Å². The van der Waals surface area contributed by atoms with Gasteiger partial charge in [-0.1, -0.05) is 18.2 Å². The van der Waals surface area contributed by atoms with Crippen molar-refractivity contribution in [3.8, 4) is 17.2 Å². The van der Waals surface area contributed by atoms with Crippen LogP contribution in [0.15, 0.2) is 108 Å². The Morgan fingerprint density at radius 2 is 1.52 bits per heavy atom. The van der Waals surface area contributed by atoms with E-state index < -0.39 is 26.9 Å². The van der Waals surface area contributed by atoms with Crippen LogP contribution in [0.3, 0.4) is 0 Å². The van der Waals surface area contributed by atoms with Crippen LogP contribution < -0.4 is 19.2 Å². The molecule has 0 radical (unpaired) electrons. The van der Waals surface area contributed by atoms with Crippen LogP contribution in [0, 0.1) is 10.1 Å². The molecule has 1 N–H and O–H groups in total.